The lowest BCUT2D eigenvalue weighted by atomic mass is 9.98. The molecule has 5 heteroatoms. The first kappa shape index (κ1) is 18.5. The van der Waals surface area contributed by atoms with Gasteiger partial charge in [-0.2, -0.15) is 5.26 Å². The quantitative estimate of drug-likeness (QED) is 0.911. The number of hydrogen-bond donors (Lipinski definition) is 1. The maximum Gasteiger partial charge on any atom is 0.266 e. The maximum atomic E-state index is 12.6. The van der Waals surface area contributed by atoms with Crippen LogP contribution in [0.4, 0.5) is 0 Å². The summed E-state index contributed by atoms with van der Waals surface area (Å²) in [6.07, 6.45) is 0.820. The zero-order chi connectivity index (χ0) is 18.6. The van der Waals surface area contributed by atoms with E-state index in [-0.39, 0.29) is 23.1 Å². The van der Waals surface area contributed by atoms with Crippen molar-refractivity contribution < 1.29 is 4.79 Å². The van der Waals surface area contributed by atoms with Crippen LogP contribution in [0.15, 0.2) is 35.1 Å². The Bertz CT molecular complexity index is 863. The molecule has 0 saturated heterocycles. The molecule has 1 aromatic heterocycles. The third kappa shape index (κ3) is 3.97. The number of nitrogens with zero attached hydrogens (tertiary/aromatic N) is 2. The average Bonchev–Trinajstić information content (AvgIpc) is 2.60. The number of nitriles is 1. The molecule has 0 bridgehead atoms. The van der Waals surface area contributed by atoms with Gasteiger partial charge >= 0.3 is 0 Å². The van der Waals surface area contributed by atoms with E-state index >= 15 is 0 Å². The molecular formula is C20H23N3O2. The number of carbonyl (C=O) groups excluding carboxylic acids is 1. The number of hydrogen-bond acceptors (Lipinski definition) is 3. The van der Waals surface area contributed by atoms with Gasteiger partial charge in [-0.1, -0.05) is 30.3 Å². The van der Waals surface area contributed by atoms with Gasteiger partial charge in [-0.3, -0.25) is 9.59 Å². The van der Waals surface area contributed by atoms with Gasteiger partial charge in [0, 0.05) is 19.2 Å². The van der Waals surface area contributed by atoms with Gasteiger partial charge in [0.2, 0.25) is 5.91 Å². The largest absolute Gasteiger partial charge is 0.339 e. The van der Waals surface area contributed by atoms with Crippen LogP contribution < -0.4 is 5.56 Å². The summed E-state index contributed by atoms with van der Waals surface area (Å²) in [5.74, 6) is 0.0276. The van der Waals surface area contributed by atoms with Crippen molar-refractivity contribution in [3.05, 3.63) is 68.6 Å². The molecule has 2 aromatic rings. The average molecular weight is 337 g/mol. The van der Waals surface area contributed by atoms with Gasteiger partial charge < -0.3 is 9.88 Å². The predicted octanol–water partition coefficient (Wildman–Crippen LogP) is 3.02. The van der Waals surface area contributed by atoms with E-state index in [0.717, 1.165) is 11.1 Å². The van der Waals surface area contributed by atoms with Crippen molar-refractivity contribution in [1.29, 1.82) is 5.26 Å². The number of rotatable bonds is 5. The minimum absolute atomic E-state index is 0.0128. The number of carbonyl (C=O) groups is 1. The number of aromatic nitrogens is 1. The normalized spacial score (nSPS) is 11.6. The van der Waals surface area contributed by atoms with Crippen molar-refractivity contribution in [1.82, 2.24) is 9.88 Å². The molecule has 1 amide bonds. The molecule has 0 unspecified atom stereocenters. The summed E-state index contributed by atoms with van der Waals surface area (Å²) in [4.78, 5) is 28.8. The summed E-state index contributed by atoms with van der Waals surface area (Å²) in [5, 5.41) is 9.13. The number of pyridine rings is 1. The Morgan fingerprint density at radius 1 is 1.28 bits per heavy atom. The number of aryl methyl sites for hydroxylation is 1. The Hall–Kier alpha value is -2.87. The van der Waals surface area contributed by atoms with E-state index in [2.05, 4.69) is 4.98 Å². The van der Waals surface area contributed by atoms with Crippen LogP contribution in [0.2, 0.25) is 0 Å². The zero-order valence-corrected chi connectivity index (χ0v) is 15.1. The smallest absolute Gasteiger partial charge is 0.266 e. The Morgan fingerprint density at radius 3 is 2.52 bits per heavy atom. The first-order valence-electron chi connectivity index (χ1n) is 8.29. The second kappa shape index (κ2) is 7.80. The van der Waals surface area contributed by atoms with Crippen LogP contribution in [0.3, 0.4) is 0 Å². The zero-order valence-electron chi connectivity index (χ0n) is 15.1. The molecule has 1 aromatic carbocycles. The van der Waals surface area contributed by atoms with Gasteiger partial charge in [0.05, 0.1) is 6.04 Å². The van der Waals surface area contributed by atoms with E-state index in [1.165, 1.54) is 0 Å². The lowest BCUT2D eigenvalue weighted by Crippen LogP contribution is -2.30. The number of H-pyrrole nitrogens is 1. The fourth-order valence-corrected chi connectivity index (χ4v) is 3.00. The van der Waals surface area contributed by atoms with Crippen LogP contribution in [0.5, 0.6) is 0 Å². The van der Waals surface area contributed by atoms with Crippen LogP contribution in [0.1, 0.15) is 47.3 Å². The summed E-state index contributed by atoms with van der Waals surface area (Å²) in [5.41, 5.74) is 3.08. The Kier molecular flexibility index (Phi) is 5.76. The van der Waals surface area contributed by atoms with Gasteiger partial charge in [-0.05, 0) is 43.9 Å². The molecule has 0 radical (unpaired) electrons. The second-order valence-electron chi connectivity index (χ2n) is 6.26. The van der Waals surface area contributed by atoms with Gasteiger partial charge in [0.15, 0.2) is 0 Å². The Labute approximate surface area is 147 Å². The van der Waals surface area contributed by atoms with Crippen LogP contribution in [0.25, 0.3) is 0 Å². The fraction of sp³-hybridized carbons (Fsp3) is 0.350. The van der Waals surface area contributed by atoms with E-state index in [0.29, 0.717) is 24.1 Å². The van der Waals surface area contributed by atoms with Crippen LogP contribution in [-0.4, -0.2) is 22.8 Å². The molecule has 0 saturated carbocycles. The van der Waals surface area contributed by atoms with Gasteiger partial charge in [0.1, 0.15) is 11.6 Å². The topological polar surface area (TPSA) is 77.0 Å². The third-order valence-electron chi connectivity index (χ3n) is 4.77. The number of benzene rings is 1. The standard InChI is InChI=1S/C20H23N3O2/c1-13-17(14(2)22-20(25)18(13)12-21)10-11-19(24)23(4)15(3)16-8-6-5-7-9-16/h5-9,15H,10-11H2,1-4H3,(H,22,25)/t15-/m1/s1. The van der Waals surface area contributed by atoms with E-state index < -0.39 is 0 Å². The lowest BCUT2D eigenvalue weighted by molar-refractivity contribution is -0.131. The molecule has 0 aliphatic rings. The predicted molar refractivity (Wildman–Crippen MR) is 97.2 cm³/mol. The molecule has 0 spiro atoms. The number of amides is 1. The van der Waals surface area contributed by atoms with Crippen LogP contribution in [0, 0.1) is 25.2 Å². The van der Waals surface area contributed by atoms with E-state index in [1.54, 1.807) is 25.8 Å². The third-order valence-corrected chi connectivity index (χ3v) is 4.77. The van der Waals surface area contributed by atoms with E-state index in [1.807, 2.05) is 43.3 Å². The summed E-state index contributed by atoms with van der Waals surface area (Å²) in [7, 11) is 1.80. The Morgan fingerprint density at radius 2 is 1.92 bits per heavy atom. The van der Waals surface area contributed by atoms with Gasteiger partial charge in [-0.15, -0.1) is 0 Å². The highest BCUT2D eigenvalue weighted by Crippen LogP contribution is 2.20. The van der Waals surface area contributed by atoms with Gasteiger partial charge in [-0.25, -0.2) is 0 Å². The van der Waals surface area contributed by atoms with Crippen molar-refractivity contribution >= 4 is 5.91 Å². The summed E-state index contributed by atoms with van der Waals surface area (Å²) in [6, 6.07) is 11.8. The molecular weight excluding hydrogens is 314 g/mol. The van der Waals surface area contributed by atoms with Crippen molar-refractivity contribution in [3.8, 4) is 6.07 Å². The van der Waals surface area contributed by atoms with Crippen LogP contribution >= 0.6 is 0 Å². The SMILES string of the molecule is Cc1[nH]c(=O)c(C#N)c(C)c1CCC(=O)N(C)[C@H](C)c1ccccc1. The second-order valence-corrected chi connectivity index (χ2v) is 6.26. The highest BCUT2D eigenvalue weighted by molar-refractivity contribution is 5.76. The Balaban J connectivity index is 2.13. The first-order valence-corrected chi connectivity index (χ1v) is 8.29. The van der Waals surface area contributed by atoms with Crippen molar-refractivity contribution in [3.63, 3.8) is 0 Å². The molecule has 2 rings (SSSR count). The minimum atomic E-state index is -0.373. The van der Waals surface area contributed by atoms with Crippen LogP contribution in [-0.2, 0) is 11.2 Å². The van der Waals surface area contributed by atoms with E-state index in [4.69, 9.17) is 5.26 Å². The molecule has 0 aliphatic heterocycles. The monoisotopic (exact) mass is 337 g/mol. The number of aromatic amines is 1. The summed E-state index contributed by atoms with van der Waals surface area (Å²) in [6.45, 7) is 5.56. The number of nitrogens with one attached hydrogen (secondary N) is 1. The molecule has 1 heterocycles. The fourth-order valence-electron chi connectivity index (χ4n) is 3.00. The first-order chi connectivity index (χ1) is 11.9. The van der Waals surface area contributed by atoms with Crippen molar-refractivity contribution in [2.75, 3.05) is 7.05 Å². The molecule has 0 fully saturated rings. The van der Waals surface area contributed by atoms with Gasteiger partial charge in [0.25, 0.3) is 5.56 Å². The van der Waals surface area contributed by atoms with E-state index in [9.17, 15) is 9.59 Å². The van der Waals surface area contributed by atoms with Crippen molar-refractivity contribution in [2.45, 2.75) is 39.7 Å². The lowest BCUT2D eigenvalue weighted by Gasteiger charge is -2.25. The molecule has 25 heavy (non-hydrogen) atoms. The molecule has 1 N–H and O–H groups in total. The minimum Gasteiger partial charge on any atom is -0.339 e. The molecule has 1 atom stereocenters. The summed E-state index contributed by atoms with van der Waals surface area (Å²) >= 11 is 0. The molecule has 5 nitrogen and oxygen atoms in total. The molecule has 0 aliphatic carbocycles. The highest BCUT2D eigenvalue weighted by atomic mass is 16.2. The highest BCUT2D eigenvalue weighted by Gasteiger charge is 2.19. The maximum absolute atomic E-state index is 12.6. The summed E-state index contributed by atoms with van der Waals surface area (Å²) < 4.78 is 0. The molecule has 130 valence electrons. The van der Waals surface area contributed by atoms with Crippen molar-refractivity contribution in [2.24, 2.45) is 0 Å².